The Balaban J connectivity index is 1.98. The molecule has 16 heavy (non-hydrogen) atoms. The fourth-order valence-corrected chi connectivity index (χ4v) is 2.68. The maximum Gasteiger partial charge on any atom is 0.242 e. The molecule has 0 bridgehead atoms. The molecule has 92 valence electrons. The van der Waals surface area contributed by atoms with Gasteiger partial charge >= 0.3 is 0 Å². The Bertz CT molecular complexity index is 277. The van der Waals surface area contributed by atoms with E-state index in [2.05, 4.69) is 10.2 Å². The molecule has 0 aromatic heterocycles. The normalized spacial score (nSPS) is 26.9. The van der Waals surface area contributed by atoms with Gasteiger partial charge in [0.05, 0.1) is 5.54 Å². The summed E-state index contributed by atoms with van der Waals surface area (Å²) in [4.78, 5) is 16.8. The third-order valence-electron chi connectivity index (χ3n) is 4.03. The monoisotopic (exact) mass is 225 g/mol. The summed E-state index contributed by atoms with van der Waals surface area (Å²) in [6.07, 6.45) is 2.55. The molecule has 2 fully saturated rings. The van der Waals surface area contributed by atoms with Crippen molar-refractivity contribution in [3.8, 4) is 0 Å². The Morgan fingerprint density at radius 3 is 2.75 bits per heavy atom. The smallest absolute Gasteiger partial charge is 0.242 e. The number of nitrogens with zero attached hydrogens (tertiary/aromatic N) is 2. The van der Waals surface area contributed by atoms with Crippen molar-refractivity contribution in [3.63, 3.8) is 0 Å². The molecule has 0 aromatic carbocycles. The fraction of sp³-hybridized carbons (Fsp3) is 0.917. The molecule has 4 heteroatoms. The average Bonchev–Trinajstić information content (AvgIpc) is 2.74. The molecule has 2 heterocycles. The van der Waals surface area contributed by atoms with Crippen LogP contribution < -0.4 is 5.32 Å². The van der Waals surface area contributed by atoms with E-state index >= 15 is 0 Å². The average molecular weight is 225 g/mol. The molecule has 2 aliphatic heterocycles. The molecule has 1 unspecified atom stereocenters. The number of carbonyl (C=O) groups excluding carboxylic acids is 1. The van der Waals surface area contributed by atoms with E-state index in [0.29, 0.717) is 6.04 Å². The maximum absolute atomic E-state index is 12.3. The second-order valence-electron chi connectivity index (χ2n) is 5.46. The molecule has 0 radical (unpaired) electrons. The Hall–Kier alpha value is -0.610. The van der Waals surface area contributed by atoms with Crippen LogP contribution in [-0.4, -0.2) is 60.5 Å². The zero-order chi connectivity index (χ0) is 11.8. The quantitative estimate of drug-likeness (QED) is 0.734. The molecule has 2 rings (SSSR count). The zero-order valence-corrected chi connectivity index (χ0v) is 10.6. The van der Waals surface area contributed by atoms with Gasteiger partial charge in [-0.15, -0.1) is 0 Å². The number of amides is 1. The van der Waals surface area contributed by atoms with E-state index in [1.807, 2.05) is 25.8 Å². The Morgan fingerprint density at radius 2 is 2.06 bits per heavy atom. The predicted molar refractivity (Wildman–Crippen MR) is 64.3 cm³/mol. The van der Waals surface area contributed by atoms with Gasteiger partial charge in [0.2, 0.25) is 5.91 Å². The highest BCUT2D eigenvalue weighted by Crippen LogP contribution is 2.22. The molecule has 4 nitrogen and oxygen atoms in total. The molecule has 1 N–H and O–H groups in total. The molecule has 2 aliphatic rings. The number of piperazine rings is 1. The number of fused-ring (bicyclic) bond motifs is 1. The van der Waals surface area contributed by atoms with Crippen LogP contribution in [0.2, 0.25) is 0 Å². The van der Waals surface area contributed by atoms with Gasteiger partial charge in [-0.25, -0.2) is 0 Å². The first-order valence-corrected chi connectivity index (χ1v) is 6.27. The lowest BCUT2D eigenvalue weighted by Gasteiger charge is -2.40. The molecule has 0 aromatic rings. The van der Waals surface area contributed by atoms with Crippen LogP contribution in [0.25, 0.3) is 0 Å². The van der Waals surface area contributed by atoms with Crippen LogP contribution in [0.4, 0.5) is 0 Å². The highest BCUT2D eigenvalue weighted by Gasteiger charge is 2.37. The molecule has 0 aliphatic carbocycles. The van der Waals surface area contributed by atoms with E-state index in [9.17, 15) is 4.79 Å². The summed E-state index contributed by atoms with van der Waals surface area (Å²) in [7, 11) is 1.85. The van der Waals surface area contributed by atoms with E-state index in [0.717, 1.165) is 19.6 Å². The van der Waals surface area contributed by atoms with Gasteiger partial charge in [0, 0.05) is 25.7 Å². The van der Waals surface area contributed by atoms with E-state index < -0.39 is 5.54 Å². The summed E-state index contributed by atoms with van der Waals surface area (Å²) in [5.41, 5.74) is -0.430. The number of likely N-dealkylation sites (N-methyl/N-ethyl adjacent to an activating group) is 1. The van der Waals surface area contributed by atoms with Crippen molar-refractivity contribution < 1.29 is 4.79 Å². The topological polar surface area (TPSA) is 35.6 Å². The minimum Gasteiger partial charge on any atom is -0.338 e. The number of nitrogens with one attached hydrogen (secondary N) is 1. The van der Waals surface area contributed by atoms with Crippen LogP contribution in [0.1, 0.15) is 26.7 Å². The van der Waals surface area contributed by atoms with Crippen molar-refractivity contribution in [1.82, 2.24) is 15.1 Å². The molecule has 1 amide bonds. The highest BCUT2D eigenvalue weighted by molar-refractivity contribution is 5.85. The number of hydrogen-bond acceptors (Lipinski definition) is 3. The summed E-state index contributed by atoms with van der Waals surface area (Å²) in [6.45, 7) is 8.00. The SMILES string of the molecule is CNC(C)(C)C(=O)N1CCN2CCCC2C1. The standard InChI is InChI=1S/C12H23N3O/c1-12(2,13-3)11(16)15-8-7-14-6-4-5-10(14)9-15/h10,13H,4-9H2,1-3H3. The van der Waals surface area contributed by atoms with Gasteiger partial charge in [0.25, 0.3) is 0 Å². The van der Waals surface area contributed by atoms with Crippen molar-refractivity contribution >= 4 is 5.91 Å². The van der Waals surface area contributed by atoms with Crippen LogP contribution >= 0.6 is 0 Å². The zero-order valence-electron chi connectivity index (χ0n) is 10.6. The van der Waals surface area contributed by atoms with E-state index in [1.54, 1.807) is 0 Å². The van der Waals surface area contributed by atoms with Crippen LogP contribution in [0, 0.1) is 0 Å². The second kappa shape index (κ2) is 4.34. The lowest BCUT2D eigenvalue weighted by molar-refractivity contribution is -0.139. The maximum atomic E-state index is 12.3. The van der Waals surface area contributed by atoms with Crippen molar-refractivity contribution in [1.29, 1.82) is 0 Å². The second-order valence-corrected chi connectivity index (χ2v) is 5.46. The molecule has 2 saturated heterocycles. The first kappa shape index (κ1) is 11.9. The third-order valence-corrected chi connectivity index (χ3v) is 4.03. The summed E-state index contributed by atoms with van der Waals surface area (Å²) in [6, 6.07) is 0.616. The van der Waals surface area contributed by atoms with E-state index in [-0.39, 0.29) is 5.91 Å². The molecular formula is C12H23N3O. The van der Waals surface area contributed by atoms with Gasteiger partial charge in [-0.3, -0.25) is 9.69 Å². The fourth-order valence-electron chi connectivity index (χ4n) is 2.68. The number of carbonyl (C=O) groups is 1. The first-order valence-electron chi connectivity index (χ1n) is 6.27. The summed E-state index contributed by atoms with van der Waals surface area (Å²) < 4.78 is 0. The summed E-state index contributed by atoms with van der Waals surface area (Å²) in [5, 5.41) is 3.09. The third kappa shape index (κ3) is 2.09. The molecule has 0 spiro atoms. The first-order chi connectivity index (χ1) is 7.54. The van der Waals surface area contributed by atoms with Gasteiger partial charge < -0.3 is 10.2 Å². The minimum atomic E-state index is -0.430. The van der Waals surface area contributed by atoms with Crippen molar-refractivity contribution in [2.45, 2.75) is 38.3 Å². The van der Waals surface area contributed by atoms with Gasteiger partial charge in [-0.2, -0.15) is 0 Å². The predicted octanol–water partition coefficient (Wildman–Crippen LogP) is 0.291. The van der Waals surface area contributed by atoms with Crippen molar-refractivity contribution in [2.75, 3.05) is 33.2 Å². The largest absolute Gasteiger partial charge is 0.338 e. The lowest BCUT2D eigenvalue weighted by atomic mass is 10.0. The van der Waals surface area contributed by atoms with Crippen LogP contribution in [0.15, 0.2) is 0 Å². The van der Waals surface area contributed by atoms with Crippen LogP contribution in [0.3, 0.4) is 0 Å². The van der Waals surface area contributed by atoms with Gasteiger partial charge in [0.1, 0.15) is 0 Å². The Kier molecular flexibility index (Phi) is 3.22. The van der Waals surface area contributed by atoms with Crippen molar-refractivity contribution in [2.24, 2.45) is 0 Å². The van der Waals surface area contributed by atoms with Gasteiger partial charge in [0.15, 0.2) is 0 Å². The summed E-state index contributed by atoms with van der Waals surface area (Å²) >= 11 is 0. The molecule has 1 atom stereocenters. The van der Waals surface area contributed by atoms with Gasteiger partial charge in [-0.05, 0) is 40.3 Å². The minimum absolute atomic E-state index is 0.238. The number of rotatable bonds is 2. The lowest BCUT2D eigenvalue weighted by Crippen LogP contribution is -2.59. The van der Waals surface area contributed by atoms with Crippen molar-refractivity contribution in [3.05, 3.63) is 0 Å². The number of hydrogen-bond donors (Lipinski definition) is 1. The Labute approximate surface area is 98.0 Å². The summed E-state index contributed by atoms with van der Waals surface area (Å²) in [5.74, 6) is 0.238. The van der Waals surface area contributed by atoms with Gasteiger partial charge in [-0.1, -0.05) is 0 Å². The highest BCUT2D eigenvalue weighted by atomic mass is 16.2. The molecule has 0 saturated carbocycles. The van der Waals surface area contributed by atoms with Crippen LogP contribution in [-0.2, 0) is 4.79 Å². The molecular weight excluding hydrogens is 202 g/mol. The Morgan fingerprint density at radius 1 is 1.31 bits per heavy atom. The van der Waals surface area contributed by atoms with E-state index in [4.69, 9.17) is 0 Å². The van der Waals surface area contributed by atoms with E-state index in [1.165, 1.54) is 19.4 Å². The van der Waals surface area contributed by atoms with Crippen LogP contribution in [0.5, 0.6) is 0 Å².